The lowest BCUT2D eigenvalue weighted by atomic mass is 9.95. The molecule has 0 aromatic carbocycles. The van der Waals surface area contributed by atoms with Gasteiger partial charge in [-0.3, -0.25) is 13.9 Å². The molecule has 1 aliphatic carbocycles. The van der Waals surface area contributed by atoms with Crippen LogP contribution in [0.5, 0.6) is 0 Å². The molecular formula is C15H23N5O2. The van der Waals surface area contributed by atoms with Crippen molar-refractivity contribution in [1.82, 2.24) is 18.7 Å². The van der Waals surface area contributed by atoms with Crippen molar-refractivity contribution in [2.75, 3.05) is 6.54 Å². The number of fused-ring (bicyclic) bond motifs is 1. The smallest absolute Gasteiger partial charge is 0.329 e. The summed E-state index contributed by atoms with van der Waals surface area (Å²) in [6, 6.07) is 0.135. The molecule has 7 nitrogen and oxygen atoms in total. The number of rotatable bonds is 3. The van der Waals surface area contributed by atoms with E-state index in [1.807, 2.05) is 11.5 Å². The number of imidazole rings is 1. The van der Waals surface area contributed by atoms with Gasteiger partial charge in [-0.1, -0.05) is 19.3 Å². The van der Waals surface area contributed by atoms with E-state index in [1.54, 1.807) is 11.6 Å². The molecule has 2 N–H and O–H groups in total. The molecule has 0 unspecified atom stereocenters. The minimum Gasteiger partial charge on any atom is -0.329 e. The molecule has 22 heavy (non-hydrogen) atoms. The standard InChI is InChI=1S/C15H23N5O2/c1-10-17-13-12(19(10)9-8-16)14(21)18(2)15(22)20(13)11-6-4-3-5-7-11/h11H,3-9,16H2,1-2H3. The lowest BCUT2D eigenvalue weighted by Gasteiger charge is -2.24. The van der Waals surface area contributed by atoms with Crippen LogP contribution in [0.15, 0.2) is 9.59 Å². The normalized spacial score (nSPS) is 16.5. The van der Waals surface area contributed by atoms with E-state index in [2.05, 4.69) is 4.98 Å². The second-order valence-corrected chi connectivity index (χ2v) is 6.08. The Kier molecular flexibility index (Phi) is 3.90. The molecule has 0 atom stereocenters. The molecule has 7 heteroatoms. The van der Waals surface area contributed by atoms with Crippen LogP contribution in [0.4, 0.5) is 0 Å². The molecule has 1 aliphatic rings. The largest absolute Gasteiger partial charge is 0.332 e. The predicted molar refractivity (Wildman–Crippen MR) is 85.1 cm³/mol. The van der Waals surface area contributed by atoms with Crippen LogP contribution in [-0.2, 0) is 13.6 Å². The topological polar surface area (TPSA) is 87.8 Å². The first kappa shape index (κ1) is 15.0. The van der Waals surface area contributed by atoms with Crippen LogP contribution in [0.3, 0.4) is 0 Å². The Bertz CT molecular complexity index is 808. The van der Waals surface area contributed by atoms with Gasteiger partial charge in [-0.05, 0) is 19.8 Å². The van der Waals surface area contributed by atoms with Gasteiger partial charge in [0.05, 0.1) is 0 Å². The Morgan fingerprint density at radius 3 is 2.55 bits per heavy atom. The summed E-state index contributed by atoms with van der Waals surface area (Å²) in [6.07, 6.45) is 5.38. The Balaban J connectivity index is 2.34. The molecule has 3 rings (SSSR count). The highest BCUT2D eigenvalue weighted by atomic mass is 16.2. The fourth-order valence-electron chi connectivity index (χ4n) is 3.50. The van der Waals surface area contributed by atoms with Gasteiger partial charge in [0.25, 0.3) is 5.56 Å². The lowest BCUT2D eigenvalue weighted by molar-refractivity contribution is 0.344. The molecule has 0 radical (unpaired) electrons. The van der Waals surface area contributed by atoms with E-state index in [4.69, 9.17) is 5.73 Å². The highest BCUT2D eigenvalue weighted by Crippen LogP contribution is 2.28. The summed E-state index contributed by atoms with van der Waals surface area (Å²) < 4.78 is 4.76. The molecule has 2 aromatic rings. The average Bonchev–Trinajstić information content (AvgIpc) is 2.83. The summed E-state index contributed by atoms with van der Waals surface area (Å²) in [7, 11) is 1.54. The number of hydrogen-bond acceptors (Lipinski definition) is 4. The van der Waals surface area contributed by atoms with Gasteiger partial charge in [-0.15, -0.1) is 0 Å². The maximum atomic E-state index is 12.6. The molecule has 0 aliphatic heterocycles. The van der Waals surface area contributed by atoms with Crippen molar-refractivity contribution in [3.05, 3.63) is 26.7 Å². The van der Waals surface area contributed by atoms with Gasteiger partial charge in [0.1, 0.15) is 5.82 Å². The van der Waals surface area contributed by atoms with E-state index >= 15 is 0 Å². The van der Waals surface area contributed by atoms with Crippen LogP contribution >= 0.6 is 0 Å². The van der Waals surface area contributed by atoms with Crippen molar-refractivity contribution >= 4 is 11.2 Å². The number of aryl methyl sites for hydroxylation is 1. The number of nitrogens with two attached hydrogens (primary N) is 1. The van der Waals surface area contributed by atoms with Gasteiger partial charge in [0, 0.05) is 26.2 Å². The van der Waals surface area contributed by atoms with Crippen molar-refractivity contribution in [2.45, 2.75) is 51.6 Å². The maximum Gasteiger partial charge on any atom is 0.332 e. The Hall–Kier alpha value is -1.89. The third-order valence-corrected chi connectivity index (χ3v) is 4.66. The minimum atomic E-state index is -0.291. The Morgan fingerprint density at radius 2 is 1.91 bits per heavy atom. The number of aromatic nitrogens is 4. The van der Waals surface area contributed by atoms with Crippen molar-refractivity contribution < 1.29 is 0 Å². The van der Waals surface area contributed by atoms with E-state index in [-0.39, 0.29) is 17.3 Å². The summed E-state index contributed by atoms with van der Waals surface area (Å²) >= 11 is 0. The molecule has 0 spiro atoms. The highest BCUT2D eigenvalue weighted by Gasteiger charge is 2.24. The molecule has 0 amide bonds. The third-order valence-electron chi connectivity index (χ3n) is 4.66. The number of nitrogens with zero attached hydrogens (tertiary/aromatic N) is 4. The minimum absolute atomic E-state index is 0.135. The second kappa shape index (κ2) is 5.72. The predicted octanol–water partition coefficient (Wildman–Crippen LogP) is 0.669. The monoisotopic (exact) mass is 305 g/mol. The highest BCUT2D eigenvalue weighted by molar-refractivity contribution is 5.71. The Morgan fingerprint density at radius 1 is 1.23 bits per heavy atom. The second-order valence-electron chi connectivity index (χ2n) is 6.08. The fraction of sp³-hybridized carbons (Fsp3) is 0.667. The summed E-state index contributed by atoms with van der Waals surface area (Å²) in [5.74, 6) is 0.729. The first-order chi connectivity index (χ1) is 10.6. The molecule has 1 fully saturated rings. The quantitative estimate of drug-likeness (QED) is 0.902. The summed E-state index contributed by atoms with van der Waals surface area (Å²) in [4.78, 5) is 29.7. The Labute approximate surface area is 128 Å². The van der Waals surface area contributed by atoms with Crippen LogP contribution in [0.1, 0.15) is 44.0 Å². The van der Waals surface area contributed by atoms with Gasteiger partial charge in [-0.25, -0.2) is 9.78 Å². The average molecular weight is 305 g/mol. The molecule has 120 valence electrons. The van der Waals surface area contributed by atoms with Crippen LogP contribution < -0.4 is 17.0 Å². The van der Waals surface area contributed by atoms with E-state index in [1.165, 1.54) is 11.0 Å². The molecule has 0 saturated heterocycles. The first-order valence-electron chi connectivity index (χ1n) is 7.94. The summed E-state index contributed by atoms with van der Waals surface area (Å²) in [6.45, 7) is 2.81. The van der Waals surface area contributed by atoms with Crippen LogP contribution in [0.25, 0.3) is 11.2 Å². The molecule has 1 saturated carbocycles. The van der Waals surface area contributed by atoms with Gasteiger partial charge < -0.3 is 10.3 Å². The van der Waals surface area contributed by atoms with Crippen molar-refractivity contribution in [3.8, 4) is 0 Å². The zero-order chi connectivity index (χ0) is 15.9. The molecule has 2 heterocycles. The lowest BCUT2D eigenvalue weighted by Crippen LogP contribution is -2.40. The number of hydrogen-bond donors (Lipinski definition) is 1. The third kappa shape index (κ3) is 2.20. The fourth-order valence-corrected chi connectivity index (χ4v) is 3.50. The van der Waals surface area contributed by atoms with Gasteiger partial charge in [0.2, 0.25) is 0 Å². The van der Waals surface area contributed by atoms with Crippen molar-refractivity contribution in [3.63, 3.8) is 0 Å². The van der Waals surface area contributed by atoms with Crippen LogP contribution in [0, 0.1) is 6.92 Å². The van der Waals surface area contributed by atoms with Gasteiger partial charge >= 0.3 is 5.69 Å². The summed E-state index contributed by atoms with van der Waals surface area (Å²) in [5.41, 5.74) is 6.12. The zero-order valence-electron chi connectivity index (χ0n) is 13.2. The molecular weight excluding hydrogens is 282 g/mol. The van der Waals surface area contributed by atoms with E-state index in [9.17, 15) is 9.59 Å². The van der Waals surface area contributed by atoms with Crippen LogP contribution in [-0.4, -0.2) is 25.2 Å². The summed E-state index contributed by atoms with van der Waals surface area (Å²) in [5, 5.41) is 0. The van der Waals surface area contributed by atoms with Crippen molar-refractivity contribution in [1.29, 1.82) is 0 Å². The SMILES string of the molecule is Cc1nc2c(c(=O)n(C)c(=O)n2C2CCCCC2)n1CCN. The first-order valence-corrected chi connectivity index (χ1v) is 7.94. The van der Waals surface area contributed by atoms with E-state index in [0.29, 0.717) is 24.3 Å². The van der Waals surface area contributed by atoms with E-state index < -0.39 is 0 Å². The van der Waals surface area contributed by atoms with Crippen LogP contribution in [0.2, 0.25) is 0 Å². The maximum absolute atomic E-state index is 12.6. The van der Waals surface area contributed by atoms with Gasteiger partial charge in [-0.2, -0.15) is 0 Å². The van der Waals surface area contributed by atoms with Gasteiger partial charge in [0.15, 0.2) is 11.2 Å². The molecule has 0 bridgehead atoms. The zero-order valence-corrected chi connectivity index (χ0v) is 13.2. The van der Waals surface area contributed by atoms with E-state index in [0.717, 1.165) is 31.5 Å². The van der Waals surface area contributed by atoms with Crippen molar-refractivity contribution in [2.24, 2.45) is 12.8 Å². The molecule has 2 aromatic heterocycles.